The number of benzene rings is 1. The van der Waals surface area contributed by atoms with Crippen LogP contribution in [0.3, 0.4) is 0 Å². The first kappa shape index (κ1) is 15.3. The number of carbonyl (C=O) groups is 1. The van der Waals surface area contributed by atoms with Gasteiger partial charge in [-0.3, -0.25) is 4.79 Å². The molecule has 0 spiro atoms. The van der Waals surface area contributed by atoms with Crippen molar-refractivity contribution in [3.63, 3.8) is 0 Å². The summed E-state index contributed by atoms with van der Waals surface area (Å²) in [6, 6.07) is 4.62. The third-order valence-corrected chi connectivity index (χ3v) is 4.74. The molecule has 1 aromatic carbocycles. The lowest BCUT2D eigenvalue weighted by molar-refractivity contribution is 0.0916. The molecule has 2 rings (SSSR count). The third-order valence-electron chi connectivity index (χ3n) is 3.33. The van der Waals surface area contributed by atoms with Crippen LogP contribution in [0.5, 0.6) is 0 Å². The zero-order valence-corrected chi connectivity index (χ0v) is 12.6. The Kier molecular flexibility index (Phi) is 4.67. The minimum Gasteiger partial charge on any atom is -0.380 e. The van der Waals surface area contributed by atoms with E-state index in [1.54, 1.807) is 12.1 Å². The molecule has 1 N–H and O–H groups in total. The summed E-state index contributed by atoms with van der Waals surface area (Å²) in [7, 11) is 2.95. The molecule has 5 nitrogen and oxygen atoms in total. The van der Waals surface area contributed by atoms with Crippen LogP contribution in [0.25, 0.3) is 0 Å². The molecule has 1 aliphatic rings. The summed E-state index contributed by atoms with van der Waals surface area (Å²) in [6.07, 6.45) is 3.04. The molecule has 0 bridgehead atoms. The molecule has 7 heteroatoms. The van der Waals surface area contributed by atoms with Gasteiger partial charge >= 0.3 is 0 Å². The van der Waals surface area contributed by atoms with Crippen LogP contribution in [0, 0.1) is 0 Å². The van der Waals surface area contributed by atoms with Gasteiger partial charge in [0.15, 0.2) is 0 Å². The summed E-state index contributed by atoms with van der Waals surface area (Å²) in [5, 5.41) is 2.85. The summed E-state index contributed by atoms with van der Waals surface area (Å²) < 4.78 is 28.1. The molecule has 0 aliphatic heterocycles. The number of ether oxygens (including phenoxy) is 1. The van der Waals surface area contributed by atoms with Gasteiger partial charge in [0.25, 0.3) is 15.0 Å². The van der Waals surface area contributed by atoms with Crippen molar-refractivity contribution in [2.24, 2.45) is 0 Å². The van der Waals surface area contributed by atoms with Gasteiger partial charge < -0.3 is 10.1 Å². The second-order valence-corrected chi connectivity index (χ2v) is 7.33. The zero-order valence-electron chi connectivity index (χ0n) is 11.1. The van der Waals surface area contributed by atoms with E-state index in [1.165, 1.54) is 13.2 Å². The molecule has 1 fully saturated rings. The molecule has 1 aromatic rings. The maximum atomic E-state index is 12.0. The Morgan fingerprint density at radius 2 is 2.15 bits per heavy atom. The van der Waals surface area contributed by atoms with Crippen molar-refractivity contribution in [1.29, 1.82) is 0 Å². The minimum atomic E-state index is -3.92. The number of amides is 1. The molecule has 0 radical (unpaired) electrons. The first-order chi connectivity index (χ1) is 9.41. The third kappa shape index (κ3) is 3.50. The summed E-state index contributed by atoms with van der Waals surface area (Å²) in [5.74, 6) is -0.278. The summed E-state index contributed by atoms with van der Waals surface area (Å²) in [6.45, 7) is 0.117. The van der Waals surface area contributed by atoms with E-state index in [0.29, 0.717) is 5.56 Å². The number of hydrogen-bond acceptors (Lipinski definition) is 4. The molecule has 1 aliphatic carbocycles. The van der Waals surface area contributed by atoms with Gasteiger partial charge in [0, 0.05) is 29.4 Å². The molecule has 0 aromatic heterocycles. The normalized spacial score (nSPS) is 15.7. The van der Waals surface area contributed by atoms with Crippen molar-refractivity contribution in [3.8, 4) is 0 Å². The topological polar surface area (TPSA) is 72.5 Å². The predicted octanol–water partition coefficient (Wildman–Crippen LogP) is 2.04. The number of methoxy groups -OCH3 is 1. The van der Waals surface area contributed by atoms with Crippen molar-refractivity contribution in [3.05, 3.63) is 29.3 Å². The van der Waals surface area contributed by atoms with Crippen molar-refractivity contribution in [2.45, 2.75) is 36.8 Å². The molecule has 110 valence electrons. The fourth-order valence-electron chi connectivity index (χ4n) is 2.02. The smallest absolute Gasteiger partial charge is 0.261 e. The van der Waals surface area contributed by atoms with E-state index in [1.807, 2.05) is 0 Å². The van der Waals surface area contributed by atoms with Crippen molar-refractivity contribution < 1.29 is 17.9 Å². The highest BCUT2D eigenvalue weighted by atomic mass is 35.7. The summed E-state index contributed by atoms with van der Waals surface area (Å²) in [5.41, 5.74) is 0.721. The zero-order chi connectivity index (χ0) is 14.8. The number of hydrogen-bond donors (Lipinski definition) is 1. The van der Waals surface area contributed by atoms with E-state index in [-0.39, 0.29) is 29.0 Å². The number of halogens is 1. The number of carbonyl (C=O) groups excluding carboxylic acids is 1. The van der Waals surface area contributed by atoms with Gasteiger partial charge in [-0.2, -0.15) is 0 Å². The van der Waals surface area contributed by atoms with Gasteiger partial charge in [-0.15, -0.1) is 0 Å². The quantitative estimate of drug-likeness (QED) is 0.844. The minimum absolute atomic E-state index is 0.0812. The Morgan fingerprint density at radius 3 is 2.65 bits per heavy atom. The van der Waals surface area contributed by atoms with Crippen LogP contribution in [0.2, 0.25) is 0 Å². The van der Waals surface area contributed by atoms with Gasteiger partial charge in [-0.25, -0.2) is 8.42 Å². The van der Waals surface area contributed by atoms with Crippen molar-refractivity contribution >= 4 is 25.6 Å². The second-order valence-electron chi connectivity index (χ2n) is 4.79. The Labute approximate surface area is 122 Å². The fourth-order valence-corrected chi connectivity index (χ4v) is 3.16. The molecule has 20 heavy (non-hydrogen) atoms. The van der Waals surface area contributed by atoms with Gasteiger partial charge in [-0.05, 0) is 37.0 Å². The maximum Gasteiger partial charge on any atom is 0.261 e. The first-order valence-corrected chi connectivity index (χ1v) is 8.60. The van der Waals surface area contributed by atoms with E-state index in [4.69, 9.17) is 15.4 Å². The molecule has 0 heterocycles. The molecular weight excluding hydrogens is 302 g/mol. The van der Waals surface area contributed by atoms with Crippen LogP contribution in [-0.4, -0.2) is 27.5 Å². The van der Waals surface area contributed by atoms with E-state index in [9.17, 15) is 13.2 Å². The lowest BCUT2D eigenvalue weighted by Crippen LogP contribution is -2.39. The van der Waals surface area contributed by atoms with Gasteiger partial charge in [0.2, 0.25) is 0 Å². The fraction of sp³-hybridized carbons (Fsp3) is 0.462. The summed E-state index contributed by atoms with van der Waals surface area (Å²) >= 11 is 0. The van der Waals surface area contributed by atoms with Gasteiger partial charge in [0.1, 0.15) is 0 Å². The van der Waals surface area contributed by atoms with Gasteiger partial charge in [0.05, 0.1) is 11.5 Å². The predicted molar refractivity (Wildman–Crippen MR) is 75.3 cm³/mol. The van der Waals surface area contributed by atoms with Crippen molar-refractivity contribution in [1.82, 2.24) is 5.32 Å². The highest BCUT2D eigenvalue weighted by Crippen LogP contribution is 2.23. The lowest BCUT2D eigenvalue weighted by atomic mass is 9.93. The van der Waals surface area contributed by atoms with Crippen LogP contribution < -0.4 is 5.32 Å². The largest absolute Gasteiger partial charge is 0.380 e. The molecule has 1 saturated carbocycles. The van der Waals surface area contributed by atoms with E-state index < -0.39 is 9.05 Å². The molecule has 0 saturated heterocycles. The van der Waals surface area contributed by atoms with Crippen LogP contribution in [0.15, 0.2) is 23.1 Å². The van der Waals surface area contributed by atoms with E-state index >= 15 is 0 Å². The number of nitrogens with one attached hydrogen (secondary N) is 1. The molecule has 0 atom stereocenters. The Hall–Kier alpha value is -1.11. The molecule has 1 amide bonds. The lowest BCUT2D eigenvalue weighted by Gasteiger charge is -2.26. The Morgan fingerprint density at radius 1 is 1.45 bits per heavy atom. The standard InChI is InChI=1S/C13H16ClNO4S/c1-19-8-10-6-5-9(7-12(10)20(14,17)18)13(16)15-11-3-2-4-11/h5-7,11H,2-4,8H2,1H3,(H,15,16). The average molecular weight is 318 g/mol. The monoisotopic (exact) mass is 317 g/mol. The SMILES string of the molecule is COCc1ccc(C(=O)NC2CCC2)cc1S(=O)(=O)Cl. The Balaban J connectivity index is 2.28. The molecule has 0 unspecified atom stereocenters. The van der Waals surface area contributed by atoms with Crippen LogP contribution >= 0.6 is 10.7 Å². The Bertz CT molecular complexity index is 611. The second kappa shape index (κ2) is 6.11. The average Bonchev–Trinajstić information content (AvgIpc) is 2.33. The van der Waals surface area contributed by atoms with Crippen LogP contribution in [0.4, 0.5) is 0 Å². The van der Waals surface area contributed by atoms with Crippen molar-refractivity contribution in [2.75, 3.05) is 7.11 Å². The van der Waals surface area contributed by atoms with E-state index in [0.717, 1.165) is 19.3 Å². The van der Waals surface area contributed by atoms with Gasteiger partial charge in [-0.1, -0.05) is 6.07 Å². The number of rotatable bonds is 5. The maximum absolute atomic E-state index is 12.0. The van der Waals surface area contributed by atoms with E-state index in [2.05, 4.69) is 5.32 Å². The van der Waals surface area contributed by atoms with Crippen LogP contribution in [0.1, 0.15) is 35.2 Å². The first-order valence-electron chi connectivity index (χ1n) is 6.29. The van der Waals surface area contributed by atoms with Crippen LogP contribution in [-0.2, 0) is 20.4 Å². The highest BCUT2D eigenvalue weighted by molar-refractivity contribution is 8.13. The molecular formula is C13H16ClNO4S. The highest BCUT2D eigenvalue weighted by Gasteiger charge is 2.22. The summed E-state index contributed by atoms with van der Waals surface area (Å²) in [4.78, 5) is 11.9.